The number of carbonyl (C=O) groups excluding carboxylic acids is 1. The maximum absolute atomic E-state index is 13.4. The minimum absolute atomic E-state index is 0.159. The van der Waals surface area contributed by atoms with Crippen LogP contribution in [0.4, 0.5) is 0 Å². The molecule has 0 saturated carbocycles. The number of hydrogen-bond donors (Lipinski definition) is 2. The summed E-state index contributed by atoms with van der Waals surface area (Å²) >= 11 is 0. The van der Waals surface area contributed by atoms with Gasteiger partial charge < -0.3 is 15.0 Å². The number of carboxylic acid groups (broad SMARTS) is 1. The van der Waals surface area contributed by atoms with Crippen LogP contribution in [0.2, 0.25) is 0 Å². The summed E-state index contributed by atoms with van der Waals surface area (Å²) in [7, 11) is 0. The van der Waals surface area contributed by atoms with E-state index in [4.69, 9.17) is 0 Å². The van der Waals surface area contributed by atoms with Crippen molar-refractivity contribution >= 4 is 17.4 Å². The van der Waals surface area contributed by atoms with Crippen molar-refractivity contribution in [3.8, 4) is 0 Å². The van der Waals surface area contributed by atoms with Crippen molar-refractivity contribution in [2.24, 2.45) is 5.92 Å². The second-order valence-corrected chi connectivity index (χ2v) is 9.18. The van der Waals surface area contributed by atoms with Crippen molar-refractivity contribution in [3.05, 3.63) is 100 Å². The fraction of sp³-hybridized carbons (Fsp3) is 0.321. The van der Waals surface area contributed by atoms with E-state index in [1.807, 2.05) is 51.1 Å². The predicted molar refractivity (Wildman–Crippen MR) is 134 cm³/mol. The van der Waals surface area contributed by atoms with Crippen LogP contribution in [0.5, 0.6) is 0 Å². The van der Waals surface area contributed by atoms with Gasteiger partial charge in [0.25, 0.3) is 5.56 Å². The molecule has 0 radical (unpaired) electrons. The van der Waals surface area contributed by atoms with Crippen LogP contribution in [0.3, 0.4) is 0 Å². The topological polar surface area (TPSA) is 88.4 Å². The maximum Gasteiger partial charge on any atom is 0.305 e. The molecule has 1 heterocycles. The number of aromatic nitrogens is 1. The van der Waals surface area contributed by atoms with Gasteiger partial charge in [-0.1, -0.05) is 62.4 Å². The molecule has 6 heteroatoms. The molecule has 0 fully saturated rings. The molecule has 3 rings (SSSR count). The van der Waals surface area contributed by atoms with Gasteiger partial charge in [-0.2, -0.15) is 0 Å². The molecule has 34 heavy (non-hydrogen) atoms. The number of aliphatic carboxylic acids is 1. The summed E-state index contributed by atoms with van der Waals surface area (Å²) in [5.74, 6) is -1.23. The fourth-order valence-corrected chi connectivity index (χ4v) is 4.14. The number of hydrogen-bond acceptors (Lipinski definition) is 3. The van der Waals surface area contributed by atoms with Gasteiger partial charge in [-0.05, 0) is 60.1 Å². The van der Waals surface area contributed by atoms with Crippen LogP contribution in [0.25, 0.3) is 5.57 Å². The van der Waals surface area contributed by atoms with E-state index in [0.29, 0.717) is 12.0 Å². The second kappa shape index (κ2) is 11.0. The molecule has 2 N–H and O–H groups in total. The predicted octanol–water partition coefficient (Wildman–Crippen LogP) is 4.98. The minimum atomic E-state index is -1.02. The van der Waals surface area contributed by atoms with Crippen LogP contribution in [0, 0.1) is 12.8 Å². The number of rotatable bonds is 9. The van der Waals surface area contributed by atoms with Crippen LogP contribution in [-0.2, 0) is 9.59 Å². The summed E-state index contributed by atoms with van der Waals surface area (Å²) in [5, 5.41) is 12.5. The van der Waals surface area contributed by atoms with Crippen LogP contribution >= 0.6 is 0 Å². The van der Waals surface area contributed by atoms with E-state index in [1.165, 1.54) is 10.6 Å². The first kappa shape index (κ1) is 25.0. The van der Waals surface area contributed by atoms with Gasteiger partial charge in [0.05, 0.1) is 12.5 Å². The van der Waals surface area contributed by atoms with Gasteiger partial charge in [-0.25, -0.2) is 0 Å². The molecular weight excluding hydrogens is 428 g/mol. The van der Waals surface area contributed by atoms with Gasteiger partial charge in [-0.15, -0.1) is 0 Å². The lowest BCUT2D eigenvalue weighted by Crippen LogP contribution is -2.39. The molecule has 1 aliphatic rings. The summed E-state index contributed by atoms with van der Waals surface area (Å²) in [5.41, 5.74) is 4.55. The maximum atomic E-state index is 13.4. The first-order valence-corrected chi connectivity index (χ1v) is 11.5. The highest BCUT2D eigenvalue weighted by Gasteiger charge is 2.27. The highest BCUT2D eigenvalue weighted by molar-refractivity contribution is 5.82. The molecular formula is C28H32N2O4. The van der Waals surface area contributed by atoms with E-state index >= 15 is 0 Å². The zero-order valence-corrected chi connectivity index (χ0v) is 20.0. The van der Waals surface area contributed by atoms with Crippen molar-refractivity contribution < 1.29 is 14.7 Å². The number of pyridine rings is 1. The zero-order valence-electron chi connectivity index (χ0n) is 20.0. The van der Waals surface area contributed by atoms with Gasteiger partial charge in [0, 0.05) is 12.3 Å². The molecule has 1 aromatic heterocycles. The van der Waals surface area contributed by atoms with Crippen molar-refractivity contribution in [1.82, 2.24) is 9.88 Å². The molecule has 178 valence electrons. The molecule has 6 nitrogen and oxygen atoms in total. The average Bonchev–Trinajstić information content (AvgIpc) is 2.78. The fourth-order valence-electron chi connectivity index (χ4n) is 4.14. The van der Waals surface area contributed by atoms with Gasteiger partial charge in [0.1, 0.15) is 6.04 Å². The number of amides is 1. The summed E-state index contributed by atoms with van der Waals surface area (Å²) < 4.78 is 1.41. The number of carboxylic acids is 1. The number of allylic oxidation sites excluding steroid dienone is 5. The zero-order chi connectivity index (χ0) is 24.8. The molecule has 1 aliphatic carbocycles. The lowest BCUT2D eigenvalue weighted by molar-refractivity contribution is -0.138. The highest BCUT2D eigenvalue weighted by Crippen LogP contribution is 2.29. The van der Waals surface area contributed by atoms with Gasteiger partial charge >= 0.3 is 5.97 Å². The van der Waals surface area contributed by atoms with Crippen molar-refractivity contribution in [2.45, 2.75) is 52.1 Å². The lowest BCUT2D eigenvalue weighted by Gasteiger charge is -2.25. The normalized spacial score (nSPS) is 15.1. The molecule has 0 aliphatic heterocycles. The van der Waals surface area contributed by atoms with Gasteiger partial charge in [0.2, 0.25) is 5.91 Å². The quantitative estimate of drug-likeness (QED) is 0.553. The second-order valence-electron chi connectivity index (χ2n) is 9.18. The molecule has 2 atom stereocenters. The Hall–Kier alpha value is -3.67. The average molecular weight is 461 g/mol. The Bertz CT molecular complexity index is 1200. The number of benzene rings is 1. The van der Waals surface area contributed by atoms with E-state index < -0.39 is 18.1 Å². The van der Waals surface area contributed by atoms with Crippen LogP contribution < -0.4 is 10.9 Å². The third-order valence-corrected chi connectivity index (χ3v) is 5.94. The molecule has 0 spiro atoms. The Balaban J connectivity index is 1.95. The Morgan fingerprint density at radius 1 is 1.18 bits per heavy atom. The summed E-state index contributed by atoms with van der Waals surface area (Å²) in [6, 6.07) is 9.03. The van der Waals surface area contributed by atoms with E-state index in [1.54, 1.807) is 18.3 Å². The number of nitrogens with one attached hydrogen (secondary N) is 1. The number of carbonyl (C=O) groups is 2. The smallest absolute Gasteiger partial charge is 0.305 e. The summed E-state index contributed by atoms with van der Waals surface area (Å²) in [6.45, 7) is 9.94. The third kappa shape index (κ3) is 6.22. The minimum Gasteiger partial charge on any atom is -0.481 e. The Kier molecular flexibility index (Phi) is 8.05. The summed E-state index contributed by atoms with van der Waals surface area (Å²) in [4.78, 5) is 37.5. The molecule has 2 aromatic rings. The van der Waals surface area contributed by atoms with E-state index in [0.717, 1.165) is 28.7 Å². The van der Waals surface area contributed by atoms with Crippen LogP contribution in [-0.4, -0.2) is 21.6 Å². The number of nitrogens with zero attached hydrogens (tertiary/aromatic N) is 1. The van der Waals surface area contributed by atoms with Crippen LogP contribution in [0.15, 0.2) is 77.8 Å². The largest absolute Gasteiger partial charge is 0.481 e. The Labute approximate surface area is 200 Å². The SMILES string of the molecule is C=C1C=CC(c2cc([C@H](CC(=O)O)NC(=O)C(CC(C)C)n3ccccc3=O)ccc2C)=CC1. The summed E-state index contributed by atoms with van der Waals surface area (Å²) in [6.07, 6.45) is 8.62. The van der Waals surface area contributed by atoms with Crippen molar-refractivity contribution in [2.75, 3.05) is 0 Å². The van der Waals surface area contributed by atoms with Gasteiger partial charge in [0.15, 0.2) is 0 Å². The van der Waals surface area contributed by atoms with Crippen molar-refractivity contribution in [3.63, 3.8) is 0 Å². The Morgan fingerprint density at radius 3 is 2.56 bits per heavy atom. The van der Waals surface area contributed by atoms with E-state index in [9.17, 15) is 19.5 Å². The third-order valence-electron chi connectivity index (χ3n) is 5.94. The van der Waals surface area contributed by atoms with Gasteiger partial charge in [-0.3, -0.25) is 14.4 Å². The van der Waals surface area contributed by atoms with E-state index in [2.05, 4.69) is 18.0 Å². The molecule has 1 amide bonds. The Morgan fingerprint density at radius 2 is 1.94 bits per heavy atom. The van der Waals surface area contributed by atoms with E-state index in [-0.39, 0.29) is 23.8 Å². The number of aryl methyl sites for hydroxylation is 1. The molecule has 0 bridgehead atoms. The van der Waals surface area contributed by atoms with Crippen LogP contribution in [0.1, 0.15) is 61.9 Å². The monoisotopic (exact) mass is 460 g/mol. The lowest BCUT2D eigenvalue weighted by atomic mass is 9.91. The first-order valence-electron chi connectivity index (χ1n) is 11.5. The molecule has 1 aromatic carbocycles. The first-order chi connectivity index (χ1) is 16.2. The molecule has 1 unspecified atom stereocenters. The highest BCUT2D eigenvalue weighted by atomic mass is 16.4. The van der Waals surface area contributed by atoms with Crippen molar-refractivity contribution in [1.29, 1.82) is 0 Å². The standard InChI is InChI=1S/C28H32N2O4/c1-18(2)15-25(30-14-6-5-7-26(30)31)28(34)29-24(17-27(32)33)22-13-10-20(4)23(16-22)21-11-8-19(3)9-12-21/h5-8,10-14,16,18,24-25H,3,9,15,17H2,1-2,4H3,(H,29,34)(H,32,33)/t24-,25?/m0/s1. The molecule has 0 saturated heterocycles.